The number of benzene rings is 1. The molecular formula is C16H24N2O3. The third-order valence-corrected chi connectivity index (χ3v) is 4.11. The van der Waals surface area contributed by atoms with Crippen molar-refractivity contribution in [3.8, 4) is 11.5 Å². The van der Waals surface area contributed by atoms with E-state index in [1.54, 1.807) is 6.07 Å². The highest BCUT2D eigenvalue weighted by atomic mass is 16.3. The highest BCUT2D eigenvalue weighted by molar-refractivity contribution is 5.82. The zero-order valence-electron chi connectivity index (χ0n) is 12.4. The number of hydrogen-bond donors (Lipinski definition) is 4. The number of nitrogens with two attached hydrogens (primary N) is 1. The van der Waals surface area contributed by atoms with Gasteiger partial charge in [0.15, 0.2) is 11.5 Å². The molecule has 1 aromatic carbocycles. The first-order valence-electron chi connectivity index (χ1n) is 7.52. The first-order chi connectivity index (χ1) is 9.95. The molecule has 1 aromatic rings. The molecule has 0 bridgehead atoms. The third kappa shape index (κ3) is 4.36. The predicted molar refractivity (Wildman–Crippen MR) is 81.0 cm³/mol. The van der Waals surface area contributed by atoms with E-state index in [9.17, 15) is 15.0 Å². The topological polar surface area (TPSA) is 95.6 Å². The van der Waals surface area contributed by atoms with E-state index >= 15 is 0 Å². The molecule has 0 saturated heterocycles. The first kappa shape index (κ1) is 15.6. The number of rotatable bonds is 4. The van der Waals surface area contributed by atoms with Gasteiger partial charge in [0.05, 0.1) is 6.04 Å². The van der Waals surface area contributed by atoms with E-state index in [2.05, 4.69) is 12.2 Å². The number of phenols is 2. The number of carbonyl (C=O) groups excluding carboxylic acids is 1. The Morgan fingerprint density at radius 2 is 2.14 bits per heavy atom. The van der Waals surface area contributed by atoms with Crippen LogP contribution < -0.4 is 11.1 Å². The van der Waals surface area contributed by atoms with Crippen molar-refractivity contribution in [1.29, 1.82) is 0 Å². The molecule has 0 radical (unpaired) electrons. The summed E-state index contributed by atoms with van der Waals surface area (Å²) in [5.41, 5.74) is 6.66. The van der Waals surface area contributed by atoms with Crippen LogP contribution in [0.4, 0.5) is 0 Å². The van der Waals surface area contributed by atoms with Crippen LogP contribution in [0.15, 0.2) is 18.2 Å². The molecule has 5 nitrogen and oxygen atoms in total. The van der Waals surface area contributed by atoms with Crippen molar-refractivity contribution >= 4 is 5.91 Å². The van der Waals surface area contributed by atoms with Crippen LogP contribution >= 0.6 is 0 Å². The molecule has 5 heteroatoms. The Labute approximate surface area is 125 Å². The van der Waals surface area contributed by atoms with E-state index in [4.69, 9.17) is 5.73 Å². The Hall–Kier alpha value is -1.75. The van der Waals surface area contributed by atoms with Gasteiger partial charge in [-0.25, -0.2) is 0 Å². The second-order valence-electron chi connectivity index (χ2n) is 6.11. The molecule has 2 unspecified atom stereocenters. The monoisotopic (exact) mass is 292 g/mol. The van der Waals surface area contributed by atoms with Crippen LogP contribution in [0.5, 0.6) is 11.5 Å². The van der Waals surface area contributed by atoms with E-state index in [1.807, 2.05) is 0 Å². The third-order valence-electron chi connectivity index (χ3n) is 4.11. The normalized spacial score (nSPS) is 23.5. The lowest BCUT2D eigenvalue weighted by molar-refractivity contribution is -0.123. The lowest BCUT2D eigenvalue weighted by atomic mass is 9.87. The van der Waals surface area contributed by atoms with Gasteiger partial charge in [0, 0.05) is 6.04 Å². The summed E-state index contributed by atoms with van der Waals surface area (Å²) in [7, 11) is 0. The highest BCUT2D eigenvalue weighted by Crippen LogP contribution is 2.26. The second-order valence-corrected chi connectivity index (χ2v) is 6.11. The van der Waals surface area contributed by atoms with E-state index < -0.39 is 6.04 Å². The van der Waals surface area contributed by atoms with Crippen LogP contribution in [-0.2, 0) is 11.2 Å². The second kappa shape index (κ2) is 6.80. The molecule has 5 N–H and O–H groups in total. The van der Waals surface area contributed by atoms with Crippen molar-refractivity contribution in [2.45, 2.75) is 51.1 Å². The fourth-order valence-electron chi connectivity index (χ4n) is 2.92. The molecule has 2 rings (SSSR count). The van der Waals surface area contributed by atoms with Crippen LogP contribution in [-0.4, -0.2) is 28.2 Å². The average molecular weight is 292 g/mol. The van der Waals surface area contributed by atoms with Gasteiger partial charge in [-0.1, -0.05) is 25.8 Å². The number of amides is 1. The van der Waals surface area contributed by atoms with Gasteiger partial charge in [0.2, 0.25) is 5.91 Å². The molecule has 3 atom stereocenters. The molecule has 0 aromatic heterocycles. The molecule has 1 saturated carbocycles. The molecule has 1 fully saturated rings. The summed E-state index contributed by atoms with van der Waals surface area (Å²) in [6, 6.07) is 4.07. The maximum Gasteiger partial charge on any atom is 0.237 e. The zero-order chi connectivity index (χ0) is 15.4. The molecule has 0 spiro atoms. The number of nitrogens with one attached hydrogen (secondary N) is 1. The minimum Gasteiger partial charge on any atom is -0.504 e. The van der Waals surface area contributed by atoms with Gasteiger partial charge in [0.1, 0.15) is 0 Å². The summed E-state index contributed by atoms with van der Waals surface area (Å²) in [5, 5.41) is 21.7. The van der Waals surface area contributed by atoms with E-state index in [1.165, 1.54) is 18.6 Å². The summed E-state index contributed by atoms with van der Waals surface area (Å²) in [6.07, 6.45) is 4.74. The maximum atomic E-state index is 12.1. The summed E-state index contributed by atoms with van der Waals surface area (Å²) >= 11 is 0. The summed E-state index contributed by atoms with van der Waals surface area (Å²) in [5.74, 6) is 0.130. The Balaban J connectivity index is 1.88. The summed E-state index contributed by atoms with van der Waals surface area (Å²) in [6.45, 7) is 2.21. The first-order valence-corrected chi connectivity index (χ1v) is 7.52. The van der Waals surface area contributed by atoms with Crippen molar-refractivity contribution in [2.75, 3.05) is 0 Å². The van der Waals surface area contributed by atoms with Crippen LogP contribution in [0, 0.1) is 5.92 Å². The summed E-state index contributed by atoms with van der Waals surface area (Å²) in [4.78, 5) is 12.1. The van der Waals surface area contributed by atoms with E-state index in [-0.39, 0.29) is 23.4 Å². The zero-order valence-corrected chi connectivity index (χ0v) is 12.4. The lowest BCUT2D eigenvalue weighted by Gasteiger charge is -2.28. The lowest BCUT2D eigenvalue weighted by Crippen LogP contribution is -2.47. The van der Waals surface area contributed by atoms with E-state index in [0.717, 1.165) is 24.8 Å². The van der Waals surface area contributed by atoms with Crippen molar-refractivity contribution in [3.05, 3.63) is 23.8 Å². The molecule has 1 aliphatic rings. The molecule has 116 valence electrons. The van der Waals surface area contributed by atoms with Crippen molar-refractivity contribution < 1.29 is 15.0 Å². The minimum atomic E-state index is -0.647. The highest BCUT2D eigenvalue weighted by Gasteiger charge is 2.23. The Morgan fingerprint density at radius 3 is 2.81 bits per heavy atom. The van der Waals surface area contributed by atoms with Crippen LogP contribution in [0.1, 0.15) is 38.2 Å². The van der Waals surface area contributed by atoms with Gasteiger partial charge in [-0.05, 0) is 42.9 Å². The van der Waals surface area contributed by atoms with Gasteiger partial charge in [0.25, 0.3) is 0 Å². The molecule has 0 heterocycles. The number of hydrogen-bond acceptors (Lipinski definition) is 4. The minimum absolute atomic E-state index is 0.151. The van der Waals surface area contributed by atoms with Crippen molar-refractivity contribution in [1.82, 2.24) is 5.32 Å². The van der Waals surface area contributed by atoms with Crippen LogP contribution in [0.25, 0.3) is 0 Å². The Bertz CT molecular complexity index is 504. The van der Waals surface area contributed by atoms with Gasteiger partial charge in [-0.15, -0.1) is 0 Å². The molecular weight excluding hydrogens is 268 g/mol. The number of aromatic hydroxyl groups is 2. The smallest absolute Gasteiger partial charge is 0.237 e. The SMILES string of the molecule is CC1CCCC(NC(=O)[C@@H](N)Cc2ccc(O)c(O)c2)C1. The fourth-order valence-corrected chi connectivity index (χ4v) is 2.92. The molecule has 1 amide bonds. The number of phenolic OH excluding ortho intramolecular Hbond substituents is 2. The summed E-state index contributed by atoms with van der Waals surface area (Å²) < 4.78 is 0. The quantitative estimate of drug-likeness (QED) is 0.635. The average Bonchev–Trinajstić information content (AvgIpc) is 2.43. The van der Waals surface area contributed by atoms with Gasteiger partial charge in [-0.3, -0.25) is 4.79 Å². The van der Waals surface area contributed by atoms with Crippen molar-refractivity contribution in [3.63, 3.8) is 0 Å². The van der Waals surface area contributed by atoms with Crippen LogP contribution in [0.2, 0.25) is 0 Å². The fraction of sp³-hybridized carbons (Fsp3) is 0.562. The molecule has 1 aliphatic carbocycles. The Morgan fingerprint density at radius 1 is 1.38 bits per heavy atom. The predicted octanol–water partition coefficient (Wildman–Crippen LogP) is 1.66. The molecule has 21 heavy (non-hydrogen) atoms. The van der Waals surface area contributed by atoms with Gasteiger partial charge >= 0.3 is 0 Å². The maximum absolute atomic E-state index is 12.1. The Kier molecular flexibility index (Phi) is 5.07. The van der Waals surface area contributed by atoms with Crippen molar-refractivity contribution in [2.24, 2.45) is 11.7 Å². The van der Waals surface area contributed by atoms with Gasteiger partial charge < -0.3 is 21.3 Å². The largest absolute Gasteiger partial charge is 0.504 e. The van der Waals surface area contributed by atoms with E-state index in [0.29, 0.717) is 12.3 Å². The van der Waals surface area contributed by atoms with Gasteiger partial charge in [-0.2, -0.15) is 0 Å². The van der Waals surface area contributed by atoms with Crippen LogP contribution in [0.3, 0.4) is 0 Å². The number of carbonyl (C=O) groups is 1. The molecule has 0 aliphatic heterocycles. The standard InChI is InChI=1S/C16H24N2O3/c1-10-3-2-4-12(7-10)18-16(21)13(17)8-11-5-6-14(19)15(20)9-11/h5-6,9-10,12-13,19-20H,2-4,7-8,17H2,1H3,(H,18,21)/t10?,12?,13-/m0/s1.